The summed E-state index contributed by atoms with van der Waals surface area (Å²) in [5.41, 5.74) is 5.18. The monoisotopic (exact) mass is 511 g/mol. The number of amides is 2. The molecule has 0 aliphatic carbocycles. The molecule has 0 saturated carbocycles. The highest BCUT2D eigenvalue weighted by Gasteiger charge is 2.16. The third-order valence-corrected chi connectivity index (χ3v) is 5.31. The summed E-state index contributed by atoms with van der Waals surface area (Å²) in [5, 5.41) is 6.80. The van der Waals surface area contributed by atoms with Crippen LogP contribution < -0.4 is 20.2 Å². The summed E-state index contributed by atoms with van der Waals surface area (Å²) in [4.78, 5) is 37.6. The van der Waals surface area contributed by atoms with Crippen molar-refractivity contribution in [3.05, 3.63) is 113 Å². The second-order valence-electron chi connectivity index (χ2n) is 8.07. The van der Waals surface area contributed by atoms with Crippen LogP contribution in [-0.2, 0) is 0 Å². The van der Waals surface area contributed by atoms with Crippen LogP contribution in [0.5, 0.6) is 11.5 Å². The van der Waals surface area contributed by atoms with Gasteiger partial charge in [0.15, 0.2) is 11.5 Å². The van der Waals surface area contributed by atoms with E-state index in [1.807, 2.05) is 19.1 Å². The second kappa shape index (κ2) is 12.2. The Bertz CT molecular complexity index is 1460. The van der Waals surface area contributed by atoms with Gasteiger partial charge in [-0.2, -0.15) is 5.10 Å². The molecule has 0 spiro atoms. The number of rotatable bonds is 9. The number of carbonyl (C=O) groups excluding carboxylic acids is 3. The number of para-hydroxylation sites is 1. The number of carbonyl (C=O) groups is 3. The van der Waals surface area contributed by atoms with Crippen molar-refractivity contribution in [3.8, 4) is 11.5 Å². The Labute approximate surface area is 219 Å². The Kier molecular flexibility index (Phi) is 8.30. The molecule has 0 aliphatic heterocycles. The molecule has 2 amide bonds. The molecule has 2 N–H and O–H groups in total. The van der Waals surface area contributed by atoms with E-state index in [9.17, 15) is 14.4 Å². The standard InChI is InChI=1S/C29H25N3O6/c1-3-36-26-17-20(12-15-24(26)38-29(35)25-9-6-16-37-25)18-30-32-28(34)22-7-4-5-8-23(22)31-27(33)21-13-10-19(2)11-14-21/h4-18H,3H2,1-2H3,(H,31,33)(H,32,34)/b30-18-. The number of aryl methyl sites for hydroxylation is 1. The lowest BCUT2D eigenvalue weighted by Crippen LogP contribution is -2.21. The van der Waals surface area contributed by atoms with Gasteiger partial charge in [-0.3, -0.25) is 9.59 Å². The highest BCUT2D eigenvalue weighted by atomic mass is 16.6. The van der Waals surface area contributed by atoms with Crippen LogP contribution in [0.2, 0.25) is 0 Å². The molecular weight excluding hydrogens is 486 g/mol. The van der Waals surface area contributed by atoms with Gasteiger partial charge in [0.2, 0.25) is 5.76 Å². The van der Waals surface area contributed by atoms with Gasteiger partial charge in [0.25, 0.3) is 11.8 Å². The molecule has 4 aromatic rings. The van der Waals surface area contributed by atoms with Gasteiger partial charge >= 0.3 is 5.97 Å². The van der Waals surface area contributed by atoms with E-state index in [0.29, 0.717) is 29.2 Å². The number of esters is 1. The number of furan rings is 1. The average molecular weight is 512 g/mol. The molecule has 0 unspecified atom stereocenters. The van der Waals surface area contributed by atoms with Crippen LogP contribution in [0.3, 0.4) is 0 Å². The number of ether oxygens (including phenoxy) is 2. The normalized spacial score (nSPS) is 10.7. The van der Waals surface area contributed by atoms with Gasteiger partial charge in [0, 0.05) is 5.56 Å². The molecule has 0 bridgehead atoms. The first-order valence-corrected chi connectivity index (χ1v) is 11.8. The summed E-state index contributed by atoms with van der Waals surface area (Å²) in [6, 6.07) is 21.7. The predicted molar refractivity (Wildman–Crippen MR) is 142 cm³/mol. The van der Waals surface area contributed by atoms with E-state index in [1.54, 1.807) is 67.6 Å². The number of hydrazone groups is 1. The van der Waals surface area contributed by atoms with Gasteiger partial charge < -0.3 is 19.2 Å². The molecular formula is C29H25N3O6. The van der Waals surface area contributed by atoms with Gasteiger partial charge in [0.1, 0.15) is 0 Å². The maximum atomic E-state index is 12.8. The van der Waals surface area contributed by atoms with Crippen LogP contribution >= 0.6 is 0 Å². The quantitative estimate of drug-likeness (QED) is 0.138. The molecule has 3 aromatic carbocycles. The van der Waals surface area contributed by atoms with Gasteiger partial charge in [-0.05, 0) is 74.0 Å². The number of hydrogen-bond acceptors (Lipinski definition) is 7. The van der Waals surface area contributed by atoms with Crippen molar-refractivity contribution in [2.45, 2.75) is 13.8 Å². The van der Waals surface area contributed by atoms with Gasteiger partial charge in [0.05, 0.1) is 30.3 Å². The van der Waals surface area contributed by atoms with Crippen LogP contribution in [0.25, 0.3) is 0 Å². The van der Waals surface area contributed by atoms with Gasteiger partial charge in [-0.25, -0.2) is 10.2 Å². The number of hydrogen-bond donors (Lipinski definition) is 2. The molecule has 1 heterocycles. The topological polar surface area (TPSA) is 119 Å². The summed E-state index contributed by atoms with van der Waals surface area (Å²) < 4.78 is 16.0. The molecule has 9 nitrogen and oxygen atoms in total. The number of benzene rings is 3. The molecule has 9 heteroatoms. The SMILES string of the molecule is CCOc1cc(/C=N\NC(=O)c2ccccc2NC(=O)c2ccc(C)cc2)ccc1OC(=O)c1ccco1. The lowest BCUT2D eigenvalue weighted by molar-refractivity contribution is 0.0694. The fourth-order valence-electron chi connectivity index (χ4n) is 3.42. The minimum absolute atomic E-state index is 0.0659. The summed E-state index contributed by atoms with van der Waals surface area (Å²) in [6.45, 7) is 4.08. The molecule has 0 radical (unpaired) electrons. The maximum Gasteiger partial charge on any atom is 0.379 e. The van der Waals surface area contributed by atoms with Crippen LogP contribution in [0.4, 0.5) is 5.69 Å². The largest absolute Gasteiger partial charge is 0.490 e. The zero-order valence-electron chi connectivity index (χ0n) is 20.8. The van der Waals surface area contributed by atoms with E-state index in [-0.39, 0.29) is 23.0 Å². The third-order valence-electron chi connectivity index (χ3n) is 5.31. The Morgan fingerprint density at radius 1 is 0.921 bits per heavy atom. The van der Waals surface area contributed by atoms with Crippen molar-refractivity contribution < 1.29 is 28.3 Å². The highest BCUT2D eigenvalue weighted by Crippen LogP contribution is 2.29. The molecule has 1 aromatic heterocycles. The Morgan fingerprint density at radius 2 is 1.71 bits per heavy atom. The fraction of sp³-hybridized carbons (Fsp3) is 0.103. The van der Waals surface area contributed by atoms with Gasteiger partial charge in [-0.15, -0.1) is 0 Å². The van der Waals surface area contributed by atoms with E-state index in [4.69, 9.17) is 13.9 Å². The Morgan fingerprint density at radius 3 is 2.45 bits per heavy atom. The Balaban J connectivity index is 1.43. The molecule has 0 atom stereocenters. The highest BCUT2D eigenvalue weighted by molar-refractivity contribution is 6.09. The van der Waals surface area contributed by atoms with Crippen LogP contribution in [0.1, 0.15) is 49.3 Å². The van der Waals surface area contributed by atoms with E-state index in [1.165, 1.54) is 18.5 Å². The van der Waals surface area contributed by atoms with Crippen molar-refractivity contribution in [2.75, 3.05) is 11.9 Å². The summed E-state index contributed by atoms with van der Waals surface area (Å²) >= 11 is 0. The molecule has 38 heavy (non-hydrogen) atoms. The van der Waals surface area contributed by atoms with Crippen molar-refractivity contribution in [3.63, 3.8) is 0 Å². The summed E-state index contributed by atoms with van der Waals surface area (Å²) in [5.74, 6) is -0.881. The van der Waals surface area contributed by atoms with Crippen LogP contribution in [-0.4, -0.2) is 30.6 Å². The maximum absolute atomic E-state index is 12.8. The second-order valence-corrected chi connectivity index (χ2v) is 8.07. The molecule has 0 aliphatic rings. The van der Waals surface area contributed by atoms with Crippen molar-refractivity contribution in [1.29, 1.82) is 0 Å². The molecule has 192 valence electrons. The van der Waals surface area contributed by atoms with Gasteiger partial charge in [-0.1, -0.05) is 29.8 Å². The third kappa shape index (κ3) is 6.52. The average Bonchev–Trinajstić information content (AvgIpc) is 3.46. The van der Waals surface area contributed by atoms with Crippen LogP contribution in [0, 0.1) is 6.92 Å². The Hall–Kier alpha value is -5.18. The van der Waals surface area contributed by atoms with Crippen LogP contribution in [0.15, 0.2) is 94.6 Å². The number of nitrogens with one attached hydrogen (secondary N) is 2. The number of anilines is 1. The first kappa shape index (κ1) is 25.9. The first-order valence-electron chi connectivity index (χ1n) is 11.8. The van der Waals surface area contributed by atoms with Crippen molar-refractivity contribution >= 4 is 29.7 Å². The van der Waals surface area contributed by atoms with E-state index < -0.39 is 11.9 Å². The zero-order valence-corrected chi connectivity index (χ0v) is 20.8. The minimum atomic E-state index is -0.655. The lowest BCUT2D eigenvalue weighted by Gasteiger charge is -2.11. The van der Waals surface area contributed by atoms with Crippen molar-refractivity contribution in [2.24, 2.45) is 5.10 Å². The summed E-state index contributed by atoms with van der Waals surface area (Å²) in [7, 11) is 0. The molecule has 0 fully saturated rings. The minimum Gasteiger partial charge on any atom is -0.490 e. The lowest BCUT2D eigenvalue weighted by atomic mass is 10.1. The number of nitrogens with zero attached hydrogens (tertiary/aromatic N) is 1. The smallest absolute Gasteiger partial charge is 0.379 e. The van der Waals surface area contributed by atoms with E-state index >= 15 is 0 Å². The predicted octanol–water partition coefficient (Wildman–Crippen LogP) is 5.22. The summed E-state index contributed by atoms with van der Waals surface area (Å²) in [6.07, 6.45) is 2.80. The molecule has 0 saturated heterocycles. The van der Waals surface area contributed by atoms with E-state index in [0.717, 1.165) is 5.56 Å². The van der Waals surface area contributed by atoms with Crippen molar-refractivity contribution in [1.82, 2.24) is 5.43 Å². The fourth-order valence-corrected chi connectivity index (χ4v) is 3.42. The van der Waals surface area contributed by atoms with E-state index in [2.05, 4.69) is 15.8 Å². The first-order chi connectivity index (χ1) is 18.4. The zero-order chi connectivity index (χ0) is 26.9. The molecule has 4 rings (SSSR count).